The lowest BCUT2D eigenvalue weighted by molar-refractivity contribution is 0.332. The molecule has 308 valence electrons. The quantitative estimate of drug-likeness (QED) is 0.104. The molecule has 0 saturated carbocycles. The van der Waals surface area contributed by atoms with Gasteiger partial charge in [0.25, 0.3) is 0 Å². The Labute approximate surface area is 371 Å². The van der Waals surface area contributed by atoms with Crippen LogP contribution in [0.25, 0.3) is 69.6 Å². The zero-order chi connectivity index (χ0) is 42.1. The van der Waals surface area contributed by atoms with E-state index in [1.54, 1.807) is 5.56 Å². The van der Waals surface area contributed by atoms with E-state index in [9.17, 15) is 0 Å². The highest BCUT2D eigenvalue weighted by molar-refractivity contribution is 7.25. The van der Waals surface area contributed by atoms with E-state index >= 15 is 0 Å². The van der Waals surface area contributed by atoms with Gasteiger partial charge in [-0.1, -0.05) is 134 Å². The number of unbranched alkanes of at least 4 members (excludes halogenated alkanes) is 4. The lowest BCUT2D eigenvalue weighted by atomic mass is 9.43. The Balaban J connectivity index is 1.21. The van der Waals surface area contributed by atoms with E-state index < -0.39 is 0 Å². The van der Waals surface area contributed by atoms with Crippen molar-refractivity contribution in [3.8, 4) is 16.8 Å². The van der Waals surface area contributed by atoms with Gasteiger partial charge in [0, 0.05) is 53.6 Å². The molecule has 0 unspecified atom stereocenters. The van der Waals surface area contributed by atoms with E-state index in [-0.39, 0.29) is 17.7 Å². The summed E-state index contributed by atoms with van der Waals surface area (Å²) in [5, 5.41) is 8.22. The van der Waals surface area contributed by atoms with Crippen molar-refractivity contribution in [3.05, 3.63) is 138 Å². The molecule has 2 aromatic heterocycles. The number of para-hydroxylation sites is 1. The normalized spacial score (nSPS) is 15.8. The van der Waals surface area contributed by atoms with Crippen LogP contribution in [-0.4, -0.2) is 11.4 Å². The van der Waals surface area contributed by atoms with Crippen molar-refractivity contribution in [2.75, 3.05) is 4.81 Å². The predicted molar refractivity (Wildman–Crippen MR) is 272 cm³/mol. The number of thiophene rings is 1. The fraction of sp³-hybridized carbons (Fsp3) is 0.310. The first kappa shape index (κ1) is 38.4. The molecule has 0 radical (unpaired) electrons. The monoisotopic (exact) mass is 824 g/mol. The van der Waals surface area contributed by atoms with E-state index in [1.807, 2.05) is 11.3 Å². The number of nitrogens with zero attached hydrogens (tertiary/aromatic N) is 2. The third-order valence-corrected chi connectivity index (χ3v) is 16.6. The van der Waals surface area contributed by atoms with Gasteiger partial charge in [-0.15, -0.1) is 11.3 Å². The second kappa shape index (κ2) is 14.1. The predicted octanol–water partition coefficient (Wildman–Crippen LogP) is 15.4. The summed E-state index contributed by atoms with van der Waals surface area (Å²) in [4.78, 5) is 2.77. The number of hydrogen-bond donors (Lipinski definition) is 0. The fourth-order valence-corrected chi connectivity index (χ4v) is 13.2. The summed E-state index contributed by atoms with van der Waals surface area (Å²) < 4.78 is 5.44. The first-order valence-corrected chi connectivity index (χ1v) is 24.5. The summed E-state index contributed by atoms with van der Waals surface area (Å²) in [6, 6.07) is 46.1. The van der Waals surface area contributed by atoms with E-state index in [2.05, 4.69) is 166 Å². The van der Waals surface area contributed by atoms with Crippen LogP contribution in [0.3, 0.4) is 0 Å². The fourth-order valence-electron chi connectivity index (χ4n) is 12.0. The third kappa shape index (κ3) is 5.54. The van der Waals surface area contributed by atoms with Crippen molar-refractivity contribution in [2.24, 2.45) is 0 Å². The van der Waals surface area contributed by atoms with Crippen LogP contribution >= 0.6 is 11.3 Å². The molecule has 0 bridgehead atoms. The van der Waals surface area contributed by atoms with Crippen molar-refractivity contribution < 1.29 is 0 Å². The number of benzene rings is 7. The average Bonchev–Trinajstić information content (AvgIpc) is 3.82. The van der Waals surface area contributed by atoms with Gasteiger partial charge in [0.1, 0.15) is 0 Å². The molecule has 3 aliphatic rings. The molecule has 1 aliphatic carbocycles. The van der Waals surface area contributed by atoms with Crippen molar-refractivity contribution >= 4 is 93.2 Å². The van der Waals surface area contributed by atoms with Crippen molar-refractivity contribution in [2.45, 2.75) is 117 Å². The van der Waals surface area contributed by atoms with E-state index in [4.69, 9.17) is 0 Å². The highest BCUT2D eigenvalue weighted by Crippen LogP contribution is 2.53. The maximum Gasteiger partial charge on any atom is 0.333 e. The molecule has 0 saturated heterocycles. The standard InChI is InChI=1S/C58H57BN2S/c1-7-9-11-17-36-23-26-38(27-24-36)61-50-33-43-42-32-45-46(58(5,6)30-29-57(45,3)4)35-52(42)62-51(43)34-44(50)53-39-19-13-14-20-40(39)54-41-21-15-16-22-48(41)60-49-28-25-37(18-12-10-8-2)31-47(49)59(61)55(53)56(54)60/h13-16,19-28,31-35H,7-12,17-18,29-30H2,1-6H3. The number of rotatable bonds is 9. The Kier molecular flexibility index (Phi) is 8.72. The molecule has 4 heteroatoms. The zero-order valence-electron chi connectivity index (χ0n) is 37.4. The molecular weight excluding hydrogens is 768 g/mol. The Hall–Kier alpha value is -5.32. The van der Waals surface area contributed by atoms with Crippen LogP contribution < -0.4 is 15.7 Å². The minimum atomic E-state index is 0.00308. The molecule has 12 rings (SSSR count). The molecule has 0 fully saturated rings. The van der Waals surface area contributed by atoms with Crippen LogP contribution in [0, 0.1) is 0 Å². The minimum absolute atomic E-state index is 0.00308. The van der Waals surface area contributed by atoms with Crippen LogP contribution in [0.15, 0.2) is 115 Å². The average molecular weight is 825 g/mol. The van der Waals surface area contributed by atoms with Crippen LogP contribution in [0.5, 0.6) is 0 Å². The van der Waals surface area contributed by atoms with Gasteiger partial charge in [-0.2, -0.15) is 0 Å². The van der Waals surface area contributed by atoms with Crippen LogP contribution in [0.1, 0.15) is 115 Å². The first-order valence-electron chi connectivity index (χ1n) is 23.7. The molecular formula is C58H57BN2S. The van der Waals surface area contributed by atoms with Gasteiger partial charge in [-0.3, -0.25) is 0 Å². The van der Waals surface area contributed by atoms with Gasteiger partial charge in [0.05, 0.1) is 11.0 Å². The summed E-state index contributed by atoms with van der Waals surface area (Å²) in [5.41, 5.74) is 18.5. The third-order valence-electron chi connectivity index (χ3n) is 15.5. The number of aromatic nitrogens is 1. The lowest BCUT2D eigenvalue weighted by Gasteiger charge is -2.42. The van der Waals surface area contributed by atoms with Gasteiger partial charge in [-0.05, 0) is 147 Å². The summed E-state index contributed by atoms with van der Waals surface area (Å²) in [5.74, 6) is 0. The summed E-state index contributed by atoms with van der Waals surface area (Å²) in [6.45, 7) is 14.5. The van der Waals surface area contributed by atoms with Crippen molar-refractivity contribution in [1.29, 1.82) is 0 Å². The van der Waals surface area contributed by atoms with Crippen LogP contribution in [0.4, 0.5) is 11.4 Å². The molecule has 2 aliphatic heterocycles. The molecule has 9 aromatic rings. The van der Waals surface area contributed by atoms with Gasteiger partial charge in [-0.25, -0.2) is 0 Å². The van der Waals surface area contributed by atoms with Crippen LogP contribution in [0.2, 0.25) is 0 Å². The smallest absolute Gasteiger partial charge is 0.333 e. The highest BCUT2D eigenvalue weighted by atomic mass is 32.1. The molecule has 62 heavy (non-hydrogen) atoms. The van der Waals surface area contributed by atoms with Gasteiger partial charge >= 0.3 is 6.85 Å². The maximum atomic E-state index is 2.77. The maximum absolute atomic E-state index is 2.77. The Morgan fingerprint density at radius 2 is 1.21 bits per heavy atom. The molecule has 4 heterocycles. The molecule has 0 amide bonds. The lowest BCUT2D eigenvalue weighted by Crippen LogP contribution is -2.60. The van der Waals surface area contributed by atoms with Gasteiger partial charge in [0.15, 0.2) is 0 Å². The zero-order valence-corrected chi connectivity index (χ0v) is 38.2. The molecule has 0 N–H and O–H groups in total. The van der Waals surface area contributed by atoms with Crippen molar-refractivity contribution in [3.63, 3.8) is 0 Å². The number of anilines is 2. The molecule has 2 nitrogen and oxygen atoms in total. The van der Waals surface area contributed by atoms with E-state index in [0.29, 0.717) is 0 Å². The van der Waals surface area contributed by atoms with E-state index in [1.165, 1.54) is 160 Å². The first-order chi connectivity index (χ1) is 30.2. The number of hydrogen-bond acceptors (Lipinski definition) is 2. The van der Waals surface area contributed by atoms with Gasteiger partial charge in [0.2, 0.25) is 0 Å². The largest absolute Gasteiger partial charge is 0.376 e. The molecule has 0 atom stereocenters. The number of fused-ring (bicyclic) bond motifs is 15. The second-order valence-electron chi connectivity index (χ2n) is 20.3. The summed E-state index contributed by atoms with van der Waals surface area (Å²) >= 11 is 2.00. The molecule has 7 aromatic carbocycles. The summed E-state index contributed by atoms with van der Waals surface area (Å²) in [6.07, 6.45) is 12.1. The van der Waals surface area contributed by atoms with Crippen LogP contribution in [-0.2, 0) is 23.7 Å². The Morgan fingerprint density at radius 1 is 0.581 bits per heavy atom. The highest BCUT2D eigenvalue weighted by Gasteiger charge is 2.45. The topological polar surface area (TPSA) is 8.17 Å². The minimum Gasteiger partial charge on any atom is -0.376 e. The molecule has 0 spiro atoms. The Morgan fingerprint density at radius 3 is 1.95 bits per heavy atom. The summed E-state index contributed by atoms with van der Waals surface area (Å²) in [7, 11) is 0. The van der Waals surface area contributed by atoms with E-state index in [0.717, 1.165) is 12.8 Å². The Bertz CT molecular complexity index is 3290. The SMILES string of the molecule is CCCCCc1ccc(N2B3c4cc(CCCCC)ccc4-n4c5ccccc5c5c6ccccc6c(c3c54)-c3cc4sc5cc6c(cc5c4cc32)C(C)(C)CCC6(C)C)cc1. The van der Waals surface area contributed by atoms with Gasteiger partial charge < -0.3 is 9.38 Å². The number of aryl methyl sites for hydroxylation is 2. The second-order valence-corrected chi connectivity index (χ2v) is 21.4. The van der Waals surface area contributed by atoms with Crippen molar-refractivity contribution in [1.82, 2.24) is 4.57 Å².